The van der Waals surface area contributed by atoms with Crippen LogP contribution in [0.5, 0.6) is 0 Å². The van der Waals surface area contributed by atoms with Crippen molar-refractivity contribution in [2.24, 2.45) is 0 Å². The van der Waals surface area contributed by atoms with Crippen LogP contribution in [-0.4, -0.2) is 18.5 Å². The Balaban J connectivity index is 2.46. The Hall–Kier alpha value is -2.10. The molecular formula is C12H12O4. The van der Waals surface area contributed by atoms with Crippen LogP contribution in [0.4, 0.5) is 4.79 Å². The Kier molecular flexibility index (Phi) is 4.79. The molecule has 4 nitrogen and oxygen atoms in total. The molecule has 84 valence electrons. The molecular weight excluding hydrogens is 208 g/mol. The van der Waals surface area contributed by atoms with Gasteiger partial charge in [0.1, 0.15) is 6.26 Å². The third-order valence-electron chi connectivity index (χ3n) is 1.70. The molecule has 0 aliphatic heterocycles. The van der Waals surface area contributed by atoms with Crippen molar-refractivity contribution in [2.75, 3.05) is 6.61 Å². The number of hydrogen-bond acceptors (Lipinski definition) is 4. The van der Waals surface area contributed by atoms with Gasteiger partial charge in [0.25, 0.3) is 0 Å². The highest BCUT2D eigenvalue weighted by atomic mass is 16.7. The van der Waals surface area contributed by atoms with E-state index in [4.69, 9.17) is 0 Å². The van der Waals surface area contributed by atoms with E-state index in [1.165, 1.54) is 6.08 Å². The second-order valence-corrected chi connectivity index (χ2v) is 2.83. The van der Waals surface area contributed by atoms with Crippen LogP contribution < -0.4 is 0 Å². The van der Waals surface area contributed by atoms with E-state index in [0.29, 0.717) is 5.56 Å². The molecule has 0 saturated heterocycles. The number of rotatable bonds is 4. The molecule has 1 rings (SSSR count). The zero-order valence-electron chi connectivity index (χ0n) is 8.88. The first-order valence-corrected chi connectivity index (χ1v) is 4.83. The molecule has 0 radical (unpaired) electrons. The van der Waals surface area contributed by atoms with Crippen LogP contribution in [0.25, 0.3) is 0 Å². The van der Waals surface area contributed by atoms with E-state index in [1.807, 2.05) is 6.07 Å². The molecule has 0 atom stereocenters. The molecule has 0 aliphatic rings. The van der Waals surface area contributed by atoms with Gasteiger partial charge in [-0.3, -0.25) is 4.79 Å². The number of hydrogen-bond donors (Lipinski definition) is 0. The zero-order valence-corrected chi connectivity index (χ0v) is 8.88. The number of carbonyl (C=O) groups is 2. The molecule has 0 aromatic heterocycles. The first-order valence-electron chi connectivity index (χ1n) is 4.83. The number of carbonyl (C=O) groups excluding carboxylic acids is 2. The molecule has 0 spiro atoms. The number of allylic oxidation sites excluding steroid dienone is 1. The lowest BCUT2D eigenvalue weighted by molar-refractivity contribution is 0.0888. The van der Waals surface area contributed by atoms with Crippen LogP contribution >= 0.6 is 0 Å². The van der Waals surface area contributed by atoms with Gasteiger partial charge in [0, 0.05) is 11.6 Å². The van der Waals surface area contributed by atoms with Crippen molar-refractivity contribution in [2.45, 2.75) is 6.92 Å². The molecule has 0 N–H and O–H groups in total. The van der Waals surface area contributed by atoms with Crippen molar-refractivity contribution < 1.29 is 19.1 Å². The van der Waals surface area contributed by atoms with Gasteiger partial charge in [-0.05, 0) is 6.92 Å². The molecule has 1 aromatic rings. The van der Waals surface area contributed by atoms with Gasteiger partial charge in [-0.25, -0.2) is 4.79 Å². The Morgan fingerprint density at radius 1 is 1.25 bits per heavy atom. The smallest absolute Gasteiger partial charge is 0.434 e. The van der Waals surface area contributed by atoms with Gasteiger partial charge >= 0.3 is 6.16 Å². The second-order valence-electron chi connectivity index (χ2n) is 2.83. The summed E-state index contributed by atoms with van der Waals surface area (Å²) < 4.78 is 9.02. The molecule has 0 unspecified atom stereocenters. The summed E-state index contributed by atoms with van der Waals surface area (Å²) in [5.41, 5.74) is 0.534. The van der Waals surface area contributed by atoms with Crippen LogP contribution in [0, 0.1) is 0 Å². The molecule has 16 heavy (non-hydrogen) atoms. The number of benzene rings is 1. The number of ketones is 1. The highest BCUT2D eigenvalue weighted by Gasteiger charge is 2.01. The first-order chi connectivity index (χ1) is 7.74. The van der Waals surface area contributed by atoms with Gasteiger partial charge in [0.2, 0.25) is 0 Å². The lowest BCUT2D eigenvalue weighted by Crippen LogP contribution is -2.03. The van der Waals surface area contributed by atoms with Crippen LogP contribution in [0.2, 0.25) is 0 Å². The molecule has 4 heteroatoms. The van der Waals surface area contributed by atoms with Gasteiger partial charge in [-0.2, -0.15) is 0 Å². The van der Waals surface area contributed by atoms with Crippen LogP contribution in [0.1, 0.15) is 17.3 Å². The topological polar surface area (TPSA) is 52.6 Å². The SMILES string of the molecule is CCOC(=O)OC=CC(=O)c1ccccc1. The Morgan fingerprint density at radius 3 is 2.56 bits per heavy atom. The Labute approximate surface area is 93.5 Å². The van der Waals surface area contributed by atoms with Gasteiger partial charge in [0.15, 0.2) is 5.78 Å². The summed E-state index contributed by atoms with van der Waals surface area (Å²) in [6, 6.07) is 8.68. The maximum absolute atomic E-state index is 11.5. The zero-order chi connectivity index (χ0) is 11.8. The van der Waals surface area contributed by atoms with Crippen molar-refractivity contribution in [3.63, 3.8) is 0 Å². The van der Waals surface area contributed by atoms with Crippen molar-refractivity contribution in [3.05, 3.63) is 48.2 Å². The van der Waals surface area contributed by atoms with E-state index in [0.717, 1.165) is 6.26 Å². The highest BCUT2D eigenvalue weighted by Crippen LogP contribution is 2.00. The maximum Gasteiger partial charge on any atom is 0.513 e. The molecule has 0 aliphatic carbocycles. The Bertz CT molecular complexity index is 381. The predicted octanol–water partition coefficient (Wildman–Crippen LogP) is 2.56. The van der Waals surface area contributed by atoms with E-state index < -0.39 is 6.16 Å². The van der Waals surface area contributed by atoms with E-state index in [9.17, 15) is 9.59 Å². The maximum atomic E-state index is 11.5. The molecule has 0 fully saturated rings. The summed E-state index contributed by atoms with van der Waals surface area (Å²) in [7, 11) is 0. The summed E-state index contributed by atoms with van der Waals surface area (Å²) in [5, 5.41) is 0. The largest absolute Gasteiger partial charge is 0.513 e. The standard InChI is InChI=1S/C12H12O4/c1-2-15-12(14)16-9-8-11(13)10-6-4-3-5-7-10/h3-9H,2H2,1H3. The van der Waals surface area contributed by atoms with Crippen molar-refractivity contribution in [1.29, 1.82) is 0 Å². The van der Waals surface area contributed by atoms with E-state index in [2.05, 4.69) is 9.47 Å². The minimum atomic E-state index is -0.820. The van der Waals surface area contributed by atoms with E-state index in [-0.39, 0.29) is 12.4 Å². The quantitative estimate of drug-likeness (QED) is 0.338. The highest BCUT2D eigenvalue weighted by molar-refractivity contribution is 6.04. The van der Waals surface area contributed by atoms with E-state index >= 15 is 0 Å². The fraction of sp³-hybridized carbons (Fsp3) is 0.167. The fourth-order valence-electron chi connectivity index (χ4n) is 1.00. The fourth-order valence-corrected chi connectivity index (χ4v) is 1.00. The normalized spacial score (nSPS) is 10.1. The van der Waals surface area contributed by atoms with Crippen LogP contribution in [-0.2, 0) is 9.47 Å². The summed E-state index contributed by atoms with van der Waals surface area (Å²) in [6.45, 7) is 1.90. The summed E-state index contributed by atoms with van der Waals surface area (Å²) >= 11 is 0. The summed E-state index contributed by atoms with van der Waals surface area (Å²) in [6.07, 6.45) is 1.37. The third-order valence-corrected chi connectivity index (χ3v) is 1.70. The third kappa shape index (κ3) is 3.96. The lowest BCUT2D eigenvalue weighted by atomic mass is 10.1. The predicted molar refractivity (Wildman–Crippen MR) is 58.0 cm³/mol. The van der Waals surface area contributed by atoms with Crippen molar-refractivity contribution >= 4 is 11.9 Å². The summed E-state index contributed by atoms with van der Waals surface area (Å²) in [4.78, 5) is 22.2. The van der Waals surface area contributed by atoms with Crippen LogP contribution in [0.15, 0.2) is 42.7 Å². The molecule has 1 aromatic carbocycles. The van der Waals surface area contributed by atoms with Gasteiger partial charge in [-0.15, -0.1) is 0 Å². The monoisotopic (exact) mass is 220 g/mol. The van der Waals surface area contributed by atoms with Crippen molar-refractivity contribution in [3.8, 4) is 0 Å². The average molecular weight is 220 g/mol. The van der Waals surface area contributed by atoms with Gasteiger partial charge < -0.3 is 9.47 Å². The van der Waals surface area contributed by atoms with Gasteiger partial charge in [-0.1, -0.05) is 30.3 Å². The summed E-state index contributed by atoms with van der Waals surface area (Å²) in [5.74, 6) is -0.232. The van der Waals surface area contributed by atoms with Crippen LogP contribution in [0.3, 0.4) is 0 Å². The van der Waals surface area contributed by atoms with Crippen molar-refractivity contribution in [1.82, 2.24) is 0 Å². The molecule has 0 bridgehead atoms. The molecule has 0 amide bonds. The van der Waals surface area contributed by atoms with E-state index in [1.54, 1.807) is 31.2 Å². The first kappa shape index (κ1) is 12.0. The van der Waals surface area contributed by atoms with Gasteiger partial charge in [0.05, 0.1) is 6.61 Å². The lowest BCUT2D eigenvalue weighted by Gasteiger charge is -1.98. The minimum absolute atomic E-state index is 0.232. The molecule has 0 heterocycles. The number of ether oxygens (including phenoxy) is 2. The minimum Gasteiger partial charge on any atom is -0.434 e. The second kappa shape index (κ2) is 6.40. The molecule has 0 saturated carbocycles. The average Bonchev–Trinajstić information content (AvgIpc) is 2.30. The Morgan fingerprint density at radius 2 is 1.94 bits per heavy atom.